The average molecular weight is 247 g/mol. The lowest BCUT2D eigenvalue weighted by Crippen LogP contribution is -2.38. The van der Waals surface area contributed by atoms with E-state index < -0.39 is 0 Å². The zero-order valence-electron chi connectivity index (χ0n) is 10.2. The maximum atomic E-state index is 11.2. The number of hydrogen-bond acceptors (Lipinski definition) is 3. The van der Waals surface area contributed by atoms with Crippen molar-refractivity contribution in [1.82, 2.24) is 15.5 Å². The SMILES string of the molecule is COCCCNC(=S)NCCC(=O)N(C)C. The van der Waals surface area contributed by atoms with Crippen LogP contribution in [0.4, 0.5) is 0 Å². The van der Waals surface area contributed by atoms with Crippen molar-refractivity contribution in [3.8, 4) is 0 Å². The predicted octanol–water partition coefficient (Wildman–Crippen LogP) is -0.0347. The minimum Gasteiger partial charge on any atom is -0.385 e. The number of nitrogens with one attached hydrogen (secondary N) is 2. The zero-order chi connectivity index (χ0) is 12.4. The molecule has 0 bridgehead atoms. The highest BCUT2D eigenvalue weighted by Crippen LogP contribution is 1.85. The fourth-order valence-corrected chi connectivity index (χ4v) is 1.19. The Morgan fingerprint density at radius 2 is 1.94 bits per heavy atom. The van der Waals surface area contributed by atoms with E-state index in [1.807, 2.05) is 0 Å². The molecule has 0 saturated carbocycles. The van der Waals surface area contributed by atoms with Crippen LogP contribution in [0.5, 0.6) is 0 Å². The number of methoxy groups -OCH3 is 1. The van der Waals surface area contributed by atoms with Crippen LogP contribution < -0.4 is 10.6 Å². The van der Waals surface area contributed by atoms with Crippen LogP contribution in [0.3, 0.4) is 0 Å². The third kappa shape index (κ3) is 8.43. The molecule has 0 spiro atoms. The van der Waals surface area contributed by atoms with Crippen LogP contribution in [-0.4, -0.2) is 56.8 Å². The van der Waals surface area contributed by atoms with E-state index in [-0.39, 0.29) is 5.91 Å². The van der Waals surface area contributed by atoms with E-state index in [9.17, 15) is 4.79 Å². The highest BCUT2D eigenvalue weighted by atomic mass is 32.1. The van der Waals surface area contributed by atoms with Crippen molar-refractivity contribution in [2.45, 2.75) is 12.8 Å². The van der Waals surface area contributed by atoms with Crippen LogP contribution in [0.15, 0.2) is 0 Å². The monoisotopic (exact) mass is 247 g/mol. The summed E-state index contributed by atoms with van der Waals surface area (Å²) in [5.74, 6) is 0.0923. The van der Waals surface area contributed by atoms with Crippen molar-refractivity contribution < 1.29 is 9.53 Å². The van der Waals surface area contributed by atoms with Crippen molar-refractivity contribution in [2.24, 2.45) is 0 Å². The summed E-state index contributed by atoms with van der Waals surface area (Å²) in [7, 11) is 5.15. The van der Waals surface area contributed by atoms with Crippen LogP contribution in [0.25, 0.3) is 0 Å². The van der Waals surface area contributed by atoms with Crippen molar-refractivity contribution in [3.05, 3.63) is 0 Å². The number of carbonyl (C=O) groups is 1. The standard InChI is InChI=1S/C10H21N3O2S/c1-13(2)9(14)5-7-12-10(16)11-6-4-8-15-3/h4-8H2,1-3H3,(H2,11,12,16). The summed E-state index contributed by atoms with van der Waals surface area (Å²) in [4.78, 5) is 12.8. The first kappa shape index (κ1) is 15.1. The van der Waals surface area contributed by atoms with E-state index in [0.717, 1.165) is 13.0 Å². The summed E-state index contributed by atoms with van der Waals surface area (Å²) in [5, 5.41) is 6.60. The first-order valence-electron chi connectivity index (χ1n) is 5.28. The molecule has 0 rings (SSSR count). The van der Waals surface area contributed by atoms with Gasteiger partial charge in [-0.2, -0.15) is 0 Å². The first-order chi connectivity index (χ1) is 7.57. The summed E-state index contributed by atoms with van der Waals surface area (Å²) in [6.45, 7) is 2.06. The molecule has 16 heavy (non-hydrogen) atoms. The van der Waals surface area contributed by atoms with Gasteiger partial charge in [0.05, 0.1) is 0 Å². The Labute approximate surface area is 103 Å². The average Bonchev–Trinajstić information content (AvgIpc) is 2.24. The minimum absolute atomic E-state index is 0.0923. The third-order valence-corrected chi connectivity index (χ3v) is 2.22. The maximum absolute atomic E-state index is 11.2. The zero-order valence-corrected chi connectivity index (χ0v) is 11.0. The van der Waals surface area contributed by atoms with E-state index in [2.05, 4.69) is 10.6 Å². The molecule has 0 aromatic heterocycles. The summed E-state index contributed by atoms with van der Waals surface area (Å²) < 4.78 is 4.91. The summed E-state index contributed by atoms with van der Waals surface area (Å²) >= 11 is 5.03. The lowest BCUT2D eigenvalue weighted by atomic mass is 10.4. The number of nitrogens with zero attached hydrogens (tertiary/aromatic N) is 1. The molecule has 5 nitrogen and oxygen atoms in total. The normalized spacial score (nSPS) is 9.69. The van der Waals surface area contributed by atoms with E-state index in [1.165, 1.54) is 0 Å². The quantitative estimate of drug-likeness (QED) is 0.488. The van der Waals surface area contributed by atoms with Gasteiger partial charge >= 0.3 is 0 Å². The molecule has 0 aliphatic carbocycles. The van der Waals surface area contributed by atoms with Crippen molar-refractivity contribution in [2.75, 3.05) is 40.9 Å². The first-order valence-corrected chi connectivity index (χ1v) is 5.69. The van der Waals surface area contributed by atoms with Gasteiger partial charge in [-0.05, 0) is 18.6 Å². The Kier molecular flexibility index (Phi) is 8.84. The molecule has 94 valence electrons. The van der Waals surface area contributed by atoms with Crippen LogP contribution in [0.1, 0.15) is 12.8 Å². The van der Waals surface area contributed by atoms with Crippen molar-refractivity contribution in [1.29, 1.82) is 0 Å². The highest BCUT2D eigenvalue weighted by molar-refractivity contribution is 7.80. The number of thiocarbonyl (C=S) groups is 1. The van der Waals surface area contributed by atoms with Crippen molar-refractivity contribution in [3.63, 3.8) is 0 Å². The summed E-state index contributed by atoms with van der Waals surface area (Å²) in [5.41, 5.74) is 0. The molecular formula is C10H21N3O2S. The molecular weight excluding hydrogens is 226 g/mol. The van der Waals surface area contributed by atoms with Gasteiger partial charge in [-0.25, -0.2) is 0 Å². The molecule has 0 heterocycles. The smallest absolute Gasteiger partial charge is 0.223 e. The number of carbonyl (C=O) groups excluding carboxylic acids is 1. The Bertz CT molecular complexity index is 222. The Morgan fingerprint density at radius 1 is 1.31 bits per heavy atom. The van der Waals surface area contributed by atoms with Crippen LogP contribution >= 0.6 is 12.2 Å². The Balaban J connectivity index is 3.40. The number of ether oxygens (including phenoxy) is 1. The third-order valence-electron chi connectivity index (χ3n) is 1.93. The fraction of sp³-hybridized carbons (Fsp3) is 0.800. The second-order valence-corrected chi connectivity index (χ2v) is 3.98. The number of rotatable bonds is 7. The van der Waals surface area contributed by atoms with Gasteiger partial charge in [0.1, 0.15) is 0 Å². The summed E-state index contributed by atoms with van der Waals surface area (Å²) in [6.07, 6.45) is 1.36. The second-order valence-electron chi connectivity index (χ2n) is 3.57. The van der Waals surface area contributed by atoms with Crippen molar-refractivity contribution >= 4 is 23.2 Å². The highest BCUT2D eigenvalue weighted by Gasteiger charge is 2.03. The Morgan fingerprint density at radius 3 is 2.50 bits per heavy atom. The molecule has 0 fully saturated rings. The molecule has 0 aromatic rings. The molecule has 6 heteroatoms. The fourth-order valence-electron chi connectivity index (χ4n) is 0.987. The molecule has 0 radical (unpaired) electrons. The molecule has 1 amide bonds. The molecule has 0 unspecified atom stereocenters. The predicted molar refractivity (Wildman–Crippen MR) is 68.4 cm³/mol. The van der Waals surface area contributed by atoms with Crippen LogP contribution in [0, 0.1) is 0 Å². The molecule has 0 aliphatic heterocycles. The van der Waals surface area contributed by atoms with Gasteiger partial charge in [-0.3, -0.25) is 4.79 Å². The molecule has 0 aromatic carbocycles. The minimum atomic E-state index is 0.0923. The van der Waals surface area contributed by atoms with E-state index in [4.69, 9.17) is 17.0 Å². The molecule has 0 atom stereocenters. The van der Waals surface area contributed by atoms with Gasteiger partial charge in [-0.15, -0.1) is 0 Å². The van der Waals surface area contributed by atoms with Gasteiger partial charge in [0.2, 0.25) is 5.91 Å². The van der Waals surface area contributed by atoms with Gasteiger partial charge in [0.25, 0.3) is 0 Å². The van der Waals surface area contributed by atoms with Gasteiger partial charge in [0, 0.05) is 47.3 Å². The van der Waals surface area contributed by atoms with Crippen LogP contribution in [0.2, 0.25) is 0 Å². The van der Waals surface area contributed by atoms with E-state index in [1.54, 1.807) is 26.1 Å². The molecule has 0 aliphatic rings. The van der Waals surface area contributed by atoms with Crippen LogP contribution in [-0.2, 0) is 9.53 Å². The topological polar surface area (TPSA) is 53.6 Å². The number of amides is 1. The van der Waals surface area contributed by atoms with E-state index >= 15 is 0 Å². The summed E-state index contributed by atoms with van der Waals surface area (Å²) in [6, 6.07) is 0. The van der Waals surface area contributed by atoms with E-state index in [0.29, 0.717) is 24.7 Å². The lowest BCUT2D eigenvalue weighted by Gasteiger charge is -2.12. The lowest BCUT2D eigenvalue weighted by molar-refractivity contribution is -0.128. The number of hydrogen-bond donors (Lipinski definition) is 2. The molecule has 0 saturated heterocycles. The molecule has 2 N–H and O–H groups in total. The second kappa shape index (κ2) is 9.35. The van der Waals surface area contributed by atoms with Gasteiger partial charge < -0.3 is 20.3 Å². The largest absolute Gasteiger partial charge is 0.385 e. The Hall–Kier alpha value is -0.880. The van der Waals surface area contributed by atoms with Gasteiger partial charge in [-0.1, -0.05) is 0 Å². The van der Waals surface area contributed by atoms with Gasteiger partial charge in [0.15, 0.2) is 5.11 Å². The maximum Gasteiger partial charge on any atom is 0.223 e.